The van der Waals surface area contributed by atoms with Crippen molar-refractivity contribution in [1.29, 1.82) is 0 Å². The highest BCUT2D eigenvalue weighted by molar-refractivity contribution is 9.10. The van der Waals surface area contributed by atoms with Crippen molar-refractivity contribution in [1.82, 2.24) is 5.27 Å². The normalized spacial score (nSPS) is 11.8. The van der Waals surface area contributed by atoms with Crippen molar-refractivity contribution < 1.29 is 23.8 Å². The molecule has 0 saturated heterocycles. The van der Waals surface area contributed by atoms with Gasteiger partial charge >= 0.3 is 0 Å². The van der Waals surface area contributed by atoms with Crippen molar-refractivity contribution in [3.05, 3.63) is 53.0 Å². The molecule has 1 amide bonds. The zero-order valence-corrected chi connectivity index (χ0v) is 16.9. The molecule has 1 aromatic heterocycles. The van der Waals surface area contributed by atoms with Crippen LogP contribution in [-0.2, 0) is 4.79 Å². The molecular formula is C18H16BrN3O4S. The van der Waals surface area contributed by atoms with Crippen LogP contribution in [0.3, 0.4) is 0 Å². The minimum absolute atomic E-state index is 0.218. The van der Waals surface area contributed by atoms with E-state index in [1.807, 2.05) is 18.2 Å². The molecular weight excluding hydrogens is 434 g/mol. The zero-order valence-electron chi connectivity index (χ0n) is 14.5. The maximum Gasteiger partial charge on any atom is 0.298 e. The van der Waals surface area contributed by atoms with Gasteiger partial charge in [0.15, 0.2) is 5.95 Å². The first-order valence-corrected chi connectivity index (χ1v) is 9.62. The standard InChI is InChI=1S/C18H16BrN3O4S/c1-11(16(23)20-15-6-4-3-5-14(15)19)27-17-18(24)26-21-22(17)12-7-9-13(25-2)10-8-12/h3-11H,1-2H3,(H-,20,21,23,24). The fourth-order valence-corrected chi connectivity index (χ4v) is 3.50. The molecule has 0 aliphatic rings. The van der Waals surface area contributed by atoms with Crippen LogP contribution >= 0.6 is 27.7 Å². The monoisotopic (exact) mass is 449 g/mol. The Hall–Kier alpha value is -2.52. The number of aromatic nitrogens is 2. The summed E-state index contributed by atoms with van der Waals surface area (Å²) in [5, 5.41) is 18.4. The number of hydrogen-bond donors (Lipinski definition) is 1. The molecule has 0 saturated carbocycles. The van der Waals surface area contributed by atoms with Crippen LogP contribution in [0.2, 0.25) is 0 Å². The number of thioether (sulfide) groups is 1. The maximum absolute atomic E-state index is 12.5. The van der Waals surface area contributed by atoms with Crippen molar-refractivity contribution >= 4 is 39.3 Å². The van der Waals surface area contributed by atoms with Crippen molar-refractivity contribution in [3.63, 3.8) is 0 Å². The molecule has 3 aromatic rings. The van der Waals surface area contributed by atoms with Gasteiger partial charge in [0.05, 0.1) is 23.3 Å². The van der Waals surface area contributed by atoms with Crippen molar-refractivity contribution in [2.24, 2.45) is 0 Å². The Morgan fingerprint density at radius 2 is 2.00 bits per heavy atom. The summed E-state index contributed by atoms with van der Waals surface area (Å²) < 4.78 is 12.1. The third kappa shape index (κ3) is 4.42. The predicted molar refractivity (Wildman–Crippen MR) is 102 cm³/mol. The minimum atomic E-state index is -0.601. The van der Waals surface area contributed by atoms with Crippen LogP contribution in [0.15, 0.2) is 62.6 Å². The predicted octanol–water partition coefficient (Wildman–Crippen LogP) is 2.92. The number of hydrogen-bond acceptors (Lipinski definition) is 6. The summed E-state index contributed by atoms with van der Waals surface area (Å²) in [6.45, 7) is 1.71. The summed E-state index contributed by atoms with van der Waals surface area (Å²) in [7, 11) is 1.57. The summed E-state index contributed by atoms with van der Waals surface area (Å²) >= 11 is 4.47. The number of ether oxygens (including phenoxy) is 1. The number of para-hydroxylation sites is 1. The second-order valence-electron chi connectivity index (χ2n) is 5.50. The molecule has 1 unspecified atom stereocenters. The number of carbonyl (C=O) groups excluding carboxylic acids is 1. The smallest absolute Gasteiger partial charge is 0.298 e. The lowest BCUT2D eigenvalue weighted by Gasteiger charge is -2.11. The number of methoxy groups -OCH3 is 1. The van der Waals surface area contributed by atoms with Gasteiger partial charge in [-0.2, -0.15) is 0 Å². The topological polar surface area (TPSA) is 91.3 Å². The van der Waals surface area contributed by atoms with Gasteiger partial charge in [-0.25, -0.2) is 0 Å². The van der Waals surface area contributed by atoms with E-state index in [1.165, 1.54) is 4.68 Å². The van der Waals surface area contributed by atoms with Crippen LogP contribution < -0.4 is 19.8 Å². The molecule has 9 heteroatoms. The van der Waals surface area contributed by atoms with Gasteiger partial charge in [-0.15, -0.1) is 0 Å². The van der Waals surface area contributed by atoms with E-state index < -0.39 is 11.2 Å². The average Bonchev–Trinajstić information content (AvgIpc) is 3.04. The number of nitrogens with zero attached hydrogens (tertiary/aromatic N) is 2. The molecule has 3 rings (SSSR count). The summed E-state index contributed by atoms with van der Waals surface area (Å²) in [4.78, 5) is 12.5. The van der Waals surface area contributed by atoms with Gasteiger partial charge < -0.3 is 19.7 Å². The van der Waals surface area contributed by atoms with Crippen LogP contribution in [0, 0.1) is 0 Å². The lowest BCUT2D eigenvalue weighted by Crippen LogP contribution is -2.36. The first-order chi connectivity index (χ1) is 13.0. The highest BCUT2D eigenvalue weighted by atomic mass is 79.9. The minimum Gasteiger partial charge on any atom is -0.538 e. The Bertz CT molecular complexity index is 946. The Morgan fingerprint density at radius 3 is 2.67 bits per heavy atom. The molecule has 1 N–H and O–H groups in total. The molecule has 1 atom stereocenters. The number of rotatable bonds is 6. The Morgan fingerprint density at radius 1 is 1.30 bits per heavy atom. The van der Waals surface area contributed by atoms with Crippen molar-refractivity contribution in [3.8, 4) is 17.4 Å². The molecule has 0 bridgehead atoms. The molecule has 0 aliphatic carbocycles. The van der Waals surface area contributed by atoms with E-state index in [0.717, 1.165) is 16.2 Å². The Labute approximate surface area is 168 Å². The maximum atomic E-state index is 12.5. The molecule has 1 heterocycles. The Kier molecular flexibility index (Phi) is 6.02. The average molecular weight is 450 g/mol. The molecule has 7 nitrogen and oxygen atoms in total. The molecule has 0 aliphatic heterocycles. The SMILES string of the molecule is COc1ccc(-[n+]2noc([O-])c2SC(C)C(=O)Nc2ccccc2Br)cc1. The van der Waals surface area contributed by atoms with Crippen molar-refractivity contribution in [2.75, 3.05) is 12.4 Å². The van der Waals surface area contributed by atoms with Gasteiger partial charge in [-0.1, -0.05) is 12.1 Å². The van der Waals surface area contributed by atoms with E-state index in [-0.39, 0.29) is 10.9 Å². The fraction of sp³-hybridized carbons (Fsp3) is 0.167. The lowest BCUT2D eigenvalue weighted by atomic mass is 10.3. The molecule has 0 fully saturated rings. The zero-order chi connectivity index (χ0) is 19.4. The second-order valence-corrected chi connectivity index (χ2v) is 7.69. The van der Waals surface area contributed by atoms with Crippen LogP contribution in [0.25, 0.3) is 5.69 Å². The number of nitrogens with one attached hydrogen (secondary N) is 1. The first kappa shape index (κ1) is 19.2. The van der Waals surface area contributed by atoms with E-state index in [0.29, 0.717) is 17.1 Å². The van der Waals surface area contributed by atoms with Gasteiger partial charge in [0.2, 0.25) is 11.6 Å². The third-order valence-corrected chi connectivity index (χ3v) is 5.50. The highest BCUT2D eigenvalue weighted by Crippen LogP contribution is 2.29. The van der Waals surface area contributed by atoms with Gasteiger partial charge in [-0.3, -0.25) is 4.79 Å². The highest BCUT2D eigenvalue weighted by Gasteiger charge is 2.26. The number of halogens is 1. The van der Waals surface area contributed by atoms with Gasteiger partial charge in [0, 0.05) is 16.6 Å². The van der Waals surface area contributed by atoms with E-state index in [1.54, 1.807) is 44.4 Å². The third-order valence-electron chi connectivity index (χ3n) is 3.68. The van der Waals surface area contributed by atoms with Crippen LogP contribution in [0.1, 0.15) is 6.92 Å². The van der Waals surface area contributed by atoms with Crippen LogP contribution in [0.5, 0.6) is 11.7 Å². The molecule has 140 valence electrons. The summed E-state index contributed by atoms with van der Waals surface area (Å²) in [6.07, 6.45) is 0. The number of amides is 1. The van der Waals surface area contributed by atoms with Gasteiger partial charge in [-0.05, 0) is 63.6 Å². The van der Waals surface area contributed by atoms with Gasteiger partial charge in [0.25, 0.3) is 5.03 Å². The van der Waals surface area contributed by atoms with E-state index in [2.05, 4.69) is 26.5 Å². The number of carbonyl (C=O) groups is 1. The molecule has 27 heavy (non-hydrogen) atoms. The Balaban J connectivity index is 1.77. The summed E-state index contributed by atoms with van der Waals surface area (Å²) in [5.74, 6) is -0.161. The largest absolute Gasteiger partial charge is 0.538 e. The molecule has 0 radical (unpaired) electrons. The van der Waals surface area contributed by atoms with Crippen LogP contribution in [-0.4, -0.2) is 23.5 Å². The van der Waals surface area contributed by atoms with Crippen molar-refractivity contribution in [2.45, 2.75) is 17.2 Å². The lowest BCUT2D eigenvalue weighted by molar-refractivity contribution is -0.705. The van der Waals surface area contributed by atoms with Gasteiger partial charge in [0.1, 0.15) is 5.75 Å². The quantitative estimate of drug-likeness (QED) is 0.459. The molecule has 2 aromatic carbocycles. The number of anilines is 1. The fourth-order valence-electron chi connectivity index (χ4n) is 2.24. The first-order valence-electron chi connectivity index (χ1n) is 7.95. The summed E-state index contributed by atoms with van der Waals surface area (Å²) in [6, 6.07) is 14.3. The van der Waals surface area contributed by atoms with E-state index in [4.69, 9.17) is 9.26 Å². The molecule has 0 spiro atoms. The van der Waals surface area contributed by atoms with E-state index >= 15 is 0 Å². The number of benzene rings is 2. The van der Waals surface area contributed by atoms with E-state index in [9.17, 15) is 9.90 Å². The second kappa shape index (κ2) is 8.45. The summed E-state index contributed by atoms with van der Waals surface area (Å²) in [5.41, 5.74) is 1.29. The van der Waals surface area contributed by atoms with Crippen LogP contribution in [0.4, 0.5) is 5.69 Å².